The van der Waals surface area contributed by atoms with Gasteiger partial charge >= 0.3 is 0 Å². The van der Waals surface area contributed by atoms with Gasteiger partial charge in [-0.1, -0.05) is 94.0 Å². The number of halogens is 2. The van der Waals surface area contributed by atoms with Crippen molar-refractivity contribution in [1.82, 2.24) is 10.2 Å². The second kappa shape index (κ2) is 20.6. The Morgan fingerprint density at radius 1 is 1.12 bits per heavy atom. The number of fused-ring (bicyclic) bond motifs is 1. The molecule has 6 heteroatoms. The third kappa shape index (κ3) is 13.7. The molecule has 0 atom stereocenters. The molecule has 43 heavy (non-hydrogen) atoms. The Hall–Kier alpha value is -3.25. The summed E-state index contributed by atoms with van der Waals surface area (Å²) in [5, 5.41) is 5.15. The number of alkyl halides is 2. The third-order valence-electron chi connectivity index (χ3n) is 6.83. The van der Waals surface area contributed by atoms with Gasteiger partial charge in [-0.2, -0.15) is 0 Å². The summed E-state index contributed by atoms with van der Waals surface area (Å²) in [5.74, 6) is -2.91. The minimum atomic E-state index is -2.97. The minimum absolute atomic E-state index is 0.0591. The highest BCUT2D eigenvalue weighted by atomic mass is 32.1. The highest BCUT2D eigenvalue weighted by Crippen LogP contribution is 2.33. The van der Waals surface area contributed by atoms with E-state index < -0.39 is 5.92 Å². The largest absolute Gasteiger partial charge is 0.356 e. The number of carbonyl (C=O) groups excluding carboxylic acids is 1. The van der Waals surface area contributed by atoms with E-state index in [1.807, 2.05) is 49.3 Å². The lowest BCUT2D eigenvalue weighted by Gasteiger charge is -2.28. The highest BCUT2D eigenvalue weighted by Gasteiger charge is 2.27. The summed E-state index contributed by atoms with van der Waals surface area (Å²) in [4.78, 5) is 15.4. The van der Waals surface area contributed by atoms with E-state index in [-0.39, 0.29) is 11.5 Å². The molecule has 0 spiro atoms. The zero-order valence-electron chi connectivity index (χ0n) is 28.2. The Labute approximate surface area is 264 Å². The fourth-order valence-electron chi connectivity index (χ4n) is 3.83. The Morgan fingerprint density at radius 3 is 2.23 bits per heavy atom. The van der Waals surface area contributed by atoms with E-state index in [0.29, 0.717) is 24.5 Å². The highest BCUT2D eigenvalue weighted by molar-refractivity contribution is 7.10. The van der Waals surface area contributed by atoms with Gasteiger partial charge in [0.15, 0.2) is 0 Å². The molecule has 238 valence electrons. The van der Waals surface area contributed by atoms with Gasteiger partial charge in [0, 0.05) is 51.8 Å². The number of rotatable bonds is 10. The normalized spacial score (nSPS) is 14.8. The quantitative estimate of drug-likeness (QED) is 0.211. The molecular weight excluding hydrogens is 558 g/mol. The van der Waals surface area contributed by atoms with Crippen LogP contribution in [0.25, 0.3) is 5.70 Å². The van der Waals surface area contributed by atoms with E-state index in [4.69, 9.17) is 0 Å². The van der Waals surface area contributed by atoms with Gasteiger partial charge in [0.05, 0.1) is 6.54 Å². The molecule has 1 aromatic rings. The van der Waals surface area contributed by atoms with Gasteiger partial charge in [-0.3, -0.25) is 4.79 Å². The third-order valence-corrected chi connectivity index (χ3v) is 7.84. The molecule has 0 aromatic carbocycles. The Bertz CT molecular complexity index is 1250. The van der Waals surface area contributed by atoms with Crippen molar-refractivity contribution in [2.45, 2.75) is 101 Å². The van der Waals surface area contributed by atoms with E-state index in [9.17, 15) is 13.6 Å². The number of carbonyl (C=O) groups is 1. The molecule has 1 aromatic heterocycles. The van der Waals surface area contributed by atoms with Crippen LogP contribution in [-0.4, -0.2) is 23.3 Å². The number of nitrogens with one attached hydrogen (secondary N) is 1. The van der Waals surface area contributed by atoms with Gasteiger partial charge in [-0.05, 0) is 66.0 Å². The molecule has 0 fully saturated rings. The maximum atomic E-state index is 13.7. The van der Waals surface area contributed by atoms with Crippen molar-refractivity contribution in [1.29, 1.82) is 0 Å². The number of nitrogens with zero attached hydrogens (tertiary/aromatic N) is 1. The number of amides is 1. The SMILES string of the molecule is C/C=C\C=C/C(C)=C(C)CC.C=C/C(=C\C(=C/C)NC(=C)c1csc2c1CCN(C(=O)/C(C)=C/C)C2)C(C)(F)F.CCC. The predicted molar refractivity (Wildman–Crippen MR) is 186 cm³/mol. The summed E-state index contributed by atoms with van der Waals surface area (Å²) in [6.07, 6.45) is 17.5. The lowest BCUT2D eigenvalue weighted by atomic mass is 10.0. The van der Waals surface area contributed by atoms with Gasteiger partial charge in [0.1, 0.15) is 0 Å². The Kier molecular flexibility index (Phi) is 19.1. The number of allylic oxidation sites excluding steroid dienone is 11. The van der Waals surface area contributed by atoms with Crippen molar-refractivity contribution in [2.75, 3.05) is 6.54 Å². The summed E-state index contributed by atoms with van der Waals surface area (Å²) in [6.45, 7) is 27.9. The molecule has 2 rings (SSSR count). The lowest BCUT2D eigenvalue weighted by Crippen LogP contribution is -2.36. The zero-order chi connectivity index (χ0) is 33.2. The van der Waals surface area contributed by atoms with E-state index in [1.54, 1.807) is 24.3 Å². The van der Waals surface area contributed by atoms with Crippen LogP contribution in [-0.2, 0) is 17.8 Å². The van der Waals surface area contributed by atoms with E-state index in [2.05, 4.69) is 65.2 Å². The van der Waals surface area contributed by atoms with Crippen LogP contribution in [0.5, 0.6) is 0 Å². The van der Waals surface area contributed by atoms with Crippen molar-refractivity contribution in [3.8, 4) is 0 Å². The fourth-order valence-corrected chi connectivity index (χ4v) is 4.95. The molecular formula is C37H54F2N2OS. The molecule has 0 radical (unpaired) electrons. The smallest absolute Gasteiger partial charge is 0.270 e. The van der Waals surface area contributed by atoms with Crippen molar-refractivity contribution >= 4 is 22.9 Å². The maximum Gasteiger partial charge on any atom is 0.270 e. The first-order valence-corrected chi connectivity index (χ1v) is 16.0. The second-order valence-electron chi connectivity index (χ2n) is 10.4. The van der Waals surface area contributed by atoms with Gasteiger partial charge in [0.2, 0.25) is 5.91 Å². The van der Waals surface area contributed by atoms with Crippen LogP contribution in [0.2, 0.25) is 0 Å². The fraction of sp³-hybridized carbons (Fsp3) is 0.432. The van der Waals surface area contributed by atoms with Crippen LogP contribution < -0.4 is 5.32 Å². The van der Waals surface area contributed by atoms with Crippen molar-refractivity contribution in [2.24, 2.45) is 0 Å². The zero-order valence-corrected chi connectivity index (χ0v) is 29.0. The maximum absolute atomic E-state index is 13.7. The van der Waals surface area contributed by atoms with Gasteiger partial charge in [0.25, 0.3) is 5.92 Å². The number of hydrogen-bond acceptors (Lipinski definition) is 3. The minimum Gasteiger partial charge on any atom is -0.356 e. The average Bonchev–Trinajstić information content (AvgIpc) is 3.41. The first kappa shape index (κ1) is 39.8. The van der Waals surface area contributed by atoms with Crippen molar-refractivity contribution < 1.29 is 13.6 Å². The summed E-state index contributed by atoms with van der Waals surface area (Å²) < 4.78 is 27.3. The Balaban J connectivity index is 0.00000105. The van der Waals surface area contributed by atoms with Crippen LogP contribution in [0.4, 0.5) is 8.78 Å². The Morgan fingerprint density at radius 2 is 1.74 bits per heavy atom. The molecule has 0 saturated carbocycles. The molecule has 0 bridgehead atoms. The first-order chi connectivity index (χ1) is 20.2. The van der Waals surface area contributed by atoms with E-state index in [0.717, 1.165) is 35.8 Å². The number of thiophene rings is 1. The topological polar surface area (TPSA) is 32.3 Å². The monoisotopic (exact) mass is 612 g/mol. The number of hydrogen-bond donors (Lipinski definition) is 1. The average molecular weight is 613 g/mol. The molecule has 2 heterocycles. The molecule has 0 aliphatic carbocycles. The molecule has 0 saturated heterocycles. The second-order valence-corrected chi connectivity index (χ2v) is 11.4. The lowest BCUT2D eigenvalue weighted by molar-refractivity contribution is -0.127. The standard InChI is InChI=1S/C23H28F2N2OS.C11H18.C3H8/c1-7-15(4)22(28)27-11-10-19-20(14-29-21(19)13-27)16(5)26-18(9-3)12-17(8-2)23(6,24)25;1-5-7-8-9-11(4)10(3)6-2;1-3-2/h7-9,12,14,26H,2,5,10-11,13H2,1,3-4,6H3;5,7-9H,6H2,1-4H3;3H2,1-2H3/b15-7+,17-12+,18-9+;7-5-,9-8-,11-10?;. The van der Waals surface area contributed by atoms with Gasteiger partial charge in [-0.25, -0.2) is 8.78 Å². The summed E-state index contributed by atoms with van der Waals surface area (Å²) in [6, 6.07) is 0. The van der Waals surface area contributed by atoms with E-state index in [1.165, 1.54) is 35.3 Å². The van der Waals surface area contributed by atoms with Crippen LogP contribution in [0.3, 0.4) is 0 Å². The van der Waals surface area contributed by atoms with Crippen LogP contribution >= 0.6 is 11.3 Å². The molecule has 0 unspecified atom stereocenters. The summed E-state index contributed by atoms with van der Waals surface area (Å²) in [7, 11) is 0. The van der Waals surface area contributed by atoms with Crippen LogP contribution in [0.1, 0.15) is 98.1 Å². The molecule has 1 N–H and O–H groups in total. The van der Waals surface area contributed by atoms with Crippen LogP contribution in [0, 0.1) is 0 Å². The molecule has 1 aliphatic rings. The van der Waals surface area contributed by atoms with E-state index >= 15 is 0 Å². The first-order valence-electron chi connectivity index (χ1n) is 15.1. The molecule has 1 aliphatic heterocycles. The van der Waals surface area contributed by atoms with Crippen molar-refractivity contribution in [3.63, 3.8) is 0 Å². The summed E-state index contributed by atoms with van der Waals surface area (Å²) >= 11 is 1.59. The van der Waals surface area contributed by atoms with Gasteiger partial charge in [-0.15, -0.1) is 11.3 Å². The van der Waals surface area contributed by atoms with Crippen LogP contribution in [0.15, 0.2) is 95.1 Å². The predicted octanol–water partition coefficient (Wildman–Crippen LogP) is 11.1. The molecule has 1 amide bonds. The van der Waals surface area contributed by atoms with Gasteiger partial charge < -0.3 is 10.2 Å². The van der Waals surface area contributed by atoms with Crippen molar-refractivity contribution in [3.05, 3.63) is 111 Å². The summed E-state index contributed by atoms with van der Waals surface area (Å²) in [5.41, 5.74) is 6.74. The molecule has 3 nitrogen and oxygen atoms in total.